The van der Waals surface area contributed by atoms with E-state index in [1.54, 1.807) is 12.1 Å². The molecule has 33 heavy (non-hydrogen) atoms. The zero-order chi connectivity index (χ0) is 23.9. The Bertz CT molecular complexity index is 1330. The van der Waals surface area contributed by atoms with Crippen LogP contribution in [0.25, 0.3) is 5.69 Å². The smallest absolute Gasteiger partial charge is 0.416 e. The number of aromatic hydroxyl groups is 1. The number of methoxy groups -OCH3 is 2. The summed E-state index contributed by atoms with van der Waals surface area (Å²) in [6.45, 7) is 0.439. The average Bonchev–Trinajstić information content (AvgIpc) is 2.77. The summed E-state index contributed by atoms with van der Waals surface area (Å²) < 4.78 is 50.8. The van der Waals surface area contributed by atoms with Crippen molar-refractivity contribution in [2.75, 3.05) is 20.8 Å². The Labute approximate surface area is 185 Å². The summed E-state index contributed by atoms with van der Waals surface area (Å²) in [5, 5.41) is 14.1. The number of alkyl halides is 3. The Kier molecular flexibility index (Phi) is 5.66. The van der Waals surface area contributed by atoms with Crippen molar-refractivity contribution in [2.45, 2.75) is 18.6 Å². The minimum Gasteiger partial charge on any atom is -0.494 e. The first kappa shape index (κ1) is 22.5. The maximum Gasteiger partial charge on any atom is 0.416 e. The SMILES string of the molecule is COc1cc2c(cc1OC)[C@H](c1c(O)n(-c3cccc(C(F)(F)F)c3)c(=O)[nH]c1=O)NCC2. The van der Waals surface area contributed by atoms with Crippen molar-refractivity contribution in [3.63, 3.8) is 0 Å². The molecule has 0 aliphatic carbocycles. The molecule has 0 unspecified atom stereocenters. The summed E-state index contributed by atoms with van der Waals surface area (Å²) in [6, 6.07) is 6.47. The second-order valence-electron chi connectivity index (χ2n) is 7.42. The van der Waals surface area contributed by atoms with Gasteiger partial charge >= 0.3 is 11.9 Å². The number of nitrogens with one attached hydrogen (secondary N) is 2. The van der Waals surface area contributed by atoms with Crippen molar-refractivity contribution < 1.29 is 27.8 Å². The van der Waals surface area contributed by atoms with Crippen molar-refractivity contribution in [1.29, 1.82) is 0 Å². The van der Waals surface area contributed by atoms with E-state index in [1.807, 2.05) is 0 Å². The number of rotatable bonds is 4. The van der Waals surface area contributed by atoms with Crippen LogP contribution in [0.1, 0.15) is 28.3 Å². The molecule has 0 fully saturated rings. The number of halogens is 3. The van der Waals surface area contributed by atoms with E-state index in [1.165, 1.54) is 20.3 Å². The van der Waals surface area contributed by atoms with Crippen molar-refractivity contribution in [3.05, 3.63) is 79.5 Å². The molecule has 0 bridgehead atoms. The van der Waals surface area contributed by atoms with Crippen molar-refractivity contribution in [2.24, 2.45) is 0 Å². The maximum absolute atomic E-state index is 13.2. The van der Waals surface area contributed by atoms with Gasteiger partial charge in [-0.3, -0.25) is 9.78 Å². The summed E-state index contributed by atoms with van der Waals surface area (Å²) in [7, 11) is 2.94. The van der Waals surface area contributed by atoms with Crippen LogP contribution >= 0.6 is 0 Å². The molecule has 0 saturated carbocycles. The fourth-order valence-corrected chi connectivity index (χ4v) is 4.00. The molecule has 11 heteroatoms. The van der Waals surface area contributed by atoms with Crippen LogP contribution in [-0.2, 0) is 12.6 Å². The molecule has 1 atom stereocenters. The van der Waals surface area contributed by atoms with E-state index >= 15 is 0 Å². The lowest BCUT2D eigenvalue weighted by molar-refractivity contribution is -0.137. The Morgan fingerprint density at radius 2 is 1.79 bits per heavy atom. The highest BCUT2D eigenvalue weighted by atomic mass is 19.4. The number of aromatic nitrogens is 2. The lowest BCUT2D eigenvalue weighted by Crippen LogP contribution is -2.38. The van der Waals surface area contributed by atoms with Gasteiger partial charge in [-0.15, -0.1) is 0 Å². The van der Waals surface area contributed by atoms with Gasteiger partial charge in [0, 0.05) is 6.54 Å². The van der Waals surface area contributed by atoms with E-state index < -0.39 is 34.9 Å². The number of benzene rings is 2. The first-order chi connectivity index (χ1) is 15.7. The van der Waals surface area contributed by atoms with E-state index in [2.05, 4.69) is 10.3 Å². The van der Waals surface area contributed by atoms with E-state index in [4.69, 9.17) is 9.47 Å². The summed E-state index contributed by atoms with van der Waals surface area (Å²) >= 11 is 0. The maximum atomic E-state index is 13.2. The molecule has 0 radical (unpaired) electrons. The number of nitrogens with zero attached hydrogens (tertiary/aromatic N) is 1. The third-order valence-electron chi connectivity index (χ3n) is 5.54. The highest BCUT2D eigenvalue weighted by Gasteiger charge is 2.32. The minimum absolute atomic E-state index is 0.208. The Morgan fingerprint density at radius 1 is 1.09 bits per heavy atom. The molecule has 4 rings (SSSR count). The molecule has 1 aliphatic rings. The number of fused-ring (bicyclic) bond motifs is 1. The number of ether oxygens (including phenoxy) is 2. The minimum atomic E-state index is -4.65. The van der Waals surface area contributed by atoms with Gasteiger partial charge < -0.3 is 19.9 Å². The molecule has 0 saturated heterocycles. The number of hydrogen-bond acceptors (Lipinski definition) is 6. The Balaban J connectivity index is 1.92. The zero-order valence-electron chi connectivity index (χ0n) is 17.6. The van der Waals surface area contributed by atoms with Crippen LogP contribution in [0, 0.1) is 0 Å². The van der Waals surface area contributed by atoms with Gasteiger partial charge in [-0.25, -0.2) is 9.36 Å². The van der Waals surface area contributed by atoms with Gasteiger partial charge in [0.1, 0.15) is 0 Å². The topological polar surface area (TPSA) is 106 Å². The first-order valence-electron chi connectivity index (χ1n) is 9.89. The molecular formula is C22H20F3N3O5. The molecule has 8 nitrogen and oxygen atoms in total. The lowest BCUT2D eigenvalue weighted by Gasteiger charge is -2.28. The molecule has 2 heterocycles. The average molecular weight is 463 g/mol. The Morgan fingerprint density at radius 3 is 2.45 bits per heavy atom. The molecule has 174 valence electrons. The second kappa shape index (κ2) is 8.32. The van der Waals surface area contributed by atoms with Gasteiger partial charge in [-0.1, -0.05) is 6.07 Å². The summed E-state index contributed by atoms with van der Waals surface area (Å²) in [4.78, 5) is 27.3. The number of H-pyrrole nitrogens is 1. The molecular weight excluding hydrogens is 443 g/mol. The molecule has 3 N–H and O–H groups in total. The normalized spacial score (nSPS) is 15.7. The van der Waals surface area contributed by atoms with Gasteiger partial charge in [-0.05, 0) is 47.9 Å². The van der Waals surface area contributed by atoms with Crippen molar-refractivity contribution in [1.82, 2.24) is 14.9 Å². The van der Waals surface area contributed by atoms with Gasteiger partial charge in [0.05, 0.1) is 37.1 Å². The standard InChI is InChI=1S/C22H20F3N3O5/c1-32-15-8-11-6-7-26-18(14(11)10-16(15)33-2)17-19(29)27-21(31)28(20(17)30)13-5-3-4-12(9-13)22(23,24)25/h3-5,8-10,18,26,30H,6-7H2,1-2H3,(H,27,29,31)/t18-/m1/s1. The first-order valence-corrected chi connectivity index (χ1v) is 9.89. The van der Waals surface area contributed by atoms with Crippen LogP contribution < -0.4 is 26.0 Å². The molecule has 0 amide bonds. The van der Waals surface area contributed by atoms with Crippen molar-refractivity contribution >= 4 is 0 Å². The number of hydrogen-bond donors (Lipinski definition) is 3. The largest absolute Gasteiger partial charge is 0.494 e. The third kappa shape index (κ3) is 3.95. The predicted molar refractivity (Wildman–Crippen MR) is 112 cm³/mol. The van der Waals surface area contributed by atoms with Gasteiger partial charge in [0.15, 0.2) is 11.5 Å². The van der Waals surface area contributed by atoms with E-state index in [0.29, 0.717) is 34.6 Å². The van der Waals surface area contributed by atoms with Crippen LogP contribution in [-0.4, -0.2) is 35.4 Å². The van der Waals surface area contributed by atoms with Crippen LogP contribution in [0.3, 0.4) is 0 Å². The van der Waals surface area contributed by atoms with Gasteiger partial charge in [0.25, 0.3) is 5.56 Å². The van der Waals surface area contributed by atoms with E-state index in [9.17, 15) is 27.9 Å². The second-order valence-corrected chi connectivity index (χ2v) is 7.42. The fraction of sp³-hybridized carbons (Fsp3) is 0.273. The predicted octanol–water partition coefficient (Wildman–Crippen LogP) is 2.50. The quantitative estimate of drug-likeness (QED) is 0.549. The molecule has 1 aromatic heterocycles. The Hall–Kier alpha value is -3.73. The highest BCUT2D eigenvalue weighted by Crippen LogP contribution is 2.38. The van der Waals surface area contributed by atoms with Gasteiger partial charge in [-0.2, -0.15) is 13.2 Å². The zero-order valence-corrected chi connectivity index (χ0v) is 17.6. The lowest BCUT2D eigenvalue weighted by atomic mass is 9.90. The summed E-state index contributed by atoms with van der Waals surface area (Å²) in [5.41, 5.74) is -1.95. The summed E-state index contributed by atoms with van der Waals surface area (Å²) in [6.07, 6.45) is -4.06. The molecule has 2 aromatic carbocycles. The van der Waals surface area contributed by atoms with E-state index in [-0.39, 0.29) is 11.3 Å². The third-order valence-corrected chi connectivity index (χ3v) is 5.54. The molecule has 3 aromatic rings. The number of aromatic amines is 1. The monoisotopic (exact) mass is 463 g/mol. The highest BCUT2D eigenvalue weighted by molar-refractivity contribution is 5.53. The van der Waals surface area contributed by atoms with Crippen molar-refractivity contribution in [3.8, 4) is 23.1 Å². The van der Waals surface area contributed by atoms with Crippen LogP contribution in [0.2, 0.25) is 0 Å². The fourth-order valence-electron chi connectivity index (χ4n) is 4.00. The van der Waals surface area contributed by atoms with Crippen LogP contribution in [0.5, 0.6) is 17.4 Å². The van der Waals surface area contributed by atoms with Crippen LogP contribution in [0.15, 0.2) is 46.0 Å². The van der Waals surface area contributed by atoms with Gasteiger partial charge in [0.2, 0.25) is 5.88 Å². The summed E-state index contributed by atoms with van der Waals surface area (Å²) in [5.74, 6) is 0.124. The van der Waals surface area contributed by atoms with E-state index in [0.717, 1.165) is 23.8 Å². The molecule has 0 spiro atoms. The van der Waals surface area contributed by atoms with Crippen LogP contribution in [0.4, 0.5) is 13.2 Å². The molecule has 1 aliphatic heterocycles.